The molecule has 1 saturated heterocycles. The molecule has 2 aromatic rings. The van der Waals surface area contributed by atoms with Crippen molar-refractivity contribution in [3.05, 3.63) is 47.7 Å². The Hall–Kier alpha value is -2.23. The fourth-order valence-corrected chi connectivity index (χ4v) is 3.44. The lowest BCUT2D eigenvalue weighted by molar-refractivity contribution is 0.370. The predicted octanol–water partition coefficient (Wildman–Crippen LogP) is 3.45. The molecule has 0 amide bonds. The van der Waals surface area contributed by atoms with Crippen molar-refractivity contribution in [2.75, 3.05) is 31.6 Å². The van der Waals surface area contributed by atoms with E-state index in [0.717, 1.165) is 49.8 Å². The van der Waals surface area contributed by atoms with Crippen LogP contribution in [0, 0.1) is 6.92 Å². The van der Waals surface area contributed by atoms with E-state index in [9.17, 15) is 5.11 Å². The van der Waals surface area contributed by atoms with Crippen molar-refractivity contribution in [3.63, 3.8) is 0 Å². The molecule has 1 aromatic carbocycles. The van der Waals surface area contributed by atoms with Crippen molar-refractivity contribution in [1.82, 2.24) is 15.6 Å². The number of anilines is 1. The molecule has 1 aliphatic heterocycles. The summed E-state index contributed by atoms with van der Waals surface area (Å²) in [5, 5.41) is 17.1. The van der Waals surface area contributed by atoms with Crippen LogP contribution in [0.2, 0.25) is 0 Å². The van der Waals surface area contributed by atoms with Gasteiger partial charge in [0.05, 0.1) is 13.7 Å². The van der Waals surface area contributed by atoms with Crippen LogP contribution < -0.4 is 20.3 Å². The number of halogens is 1. The molecule has 0 atom stereocenters. The van der Waals surface area contributed by atoms with E-state index in [1.54, 1.807) is 13.2 Å². The number of guanidine groups is 1. The van der Waals surface area contributed by atoms with E-state index < -0.39 is 0 Å². The number of piperidine rings is 1. The molecule has 1 fully saturated rings. The Morgan fingerprint density at radius 3 is 2.67 bits per heavy atom. The number of rotatable bonds is 6. The van der Waals surface area contributed by atoms with Gasteiger partial charge >= 0.3 is 0 Å². The number of phenols is 1. The summed E-state index contributed by atoms with van der Waals surface area (Å²) in [5.41, 5.74) is 1.92. The van der Waals surface area contributed by atoms with Crippen LogP contribution in [-0.2, 0) is 6.54 Å². The van der Waals surface area contributed by atoms with Crippen molar-refractivity contribution in [1.29, 1.82) is 0 Å². The average Bonchev–Trinajstić information content (AvgIpc) is 2.74. The Labute approximate surface area is 196 Å². The van der Waals surface area contributed by atoms with Gasteiger partial charge in [-0.3, -0.25) is 0 Å². The molecule has 2 heterocycles. The number of hydrogen-bond donors (Lipinski definition) is 3. The van der Waals surface area contributed by atoms with Gasteiger partial charge in [0.25, 0.3) is 0 Å². The van der Waals surface area contributed by atoms with Gasteiger partial charge in [0, 0.05) is 37.4 Å². The van der Waals surface area contributed by atoms with E-state index in [2.05, 4.69) is 44.6 Å². The first-order valence-corrected chi connectivity index (χ1v) is 10.2. The maximum atomic E-state index is 10.3. The minimum atomic E-state index is 0. The van der Waals surface area contributed by atoms with Crippen molar-refractivity contribution >= 4 is 35.8 Å². The van der Waals surface area contributed by atoms with Gasteiger partial charge in [-0.05, 0) is 44.4 Å². The number of para-hydroxylation sites is 1. The van der Waals surface area contributed by atoms with Crippen molar-refractivity contribution < 1.29 is 9.84 Å². The average molecular weight is 525 g/mol. The third-order valence-electron chi connectivity index (χ3n) is 5.11. The lowest BCUT2D eigenvalue weighted by atomic mass is 10.1. The number of nitrogens with zero attached hydrogens (tertiary/aromatic N) is 3. The first-order valence-electron chi connectivity index (χ1n) is 10.2. The van der Waals surface area contributed by atoms with Crippen LogP contribution in [0.5, 0.6) is 11.5 Å². The van der Waals surface area contributed by atoms with Gasteiger partial charge in [-0.1, -0.05) is 18.2 Å². The zero-order valence-corrected chi connectivity index (χ0v) is 20.2. The third-order valence-corrected chi connectivity index (χ3v) is 5.11. The van der Waals surface area contributed by atoms with Gasteiger partial charge in [0.15, 0.2) is 17.5 Å². The van der Waals surface area contributed by atoms with Crippen LogP contribution in [-0.4, -0.2) is 48.8 Å². The molecule has 30 heavy (non-hydrogen) atoms. The molecule has 3 rings (SSSR count). The number of benzene rings is 1. The molecule has 3 N–H and O–H groups in total. The predicted molar refractivity (Wildman–Crippen MR) is 132 cm³/mol. The van der Waals surface area contributed by atoms with Crippen LogP contribution >= 0.6 is 24.0 Å². The monoisotopic (exact) mass is 525 g/mol. The van der Waals surface area contributed by atoms with Crippen LogP contribution in [0.4, 0.5) is 5.82 Å². The summed E-state index contributed by atoms with van der Waals surface area (Å²) in [6, 6.07) is 10.0. The Bertz CT molecular complexity index is 821. The Morgan fingerprint density at radius 1 is 1.27 bits per heavy atom. The van der Waals surface area contributed by atoms with E-state index in [1.165, 1.54) is 5.56 Å². The van der Waals surface area contributed by atoms with Crippen molar-refractivity contribution in [2.24, 2.45) is 4.99 Å². The molecule has 0 bridgehead atoms. The van der Waals surface area contributed by atoms with Crippen molar-refractivity contribution in [3.8, 4) is 11.5 Å². The quantitative estimate of drug-likeness (QED) is 0.305. The fourth-order valence-electron chi connectivity index (χ4n) is 3.44. The molecule has 0 spiro atoms. The summed E-state index contributed by atoms with van der Waals surface area (Å²) in [7, 11) is 1.55. The number of nitrogens with one attached hydrogen (secondary N) is 2. The molecule has 1 aromatic heterocycles. The number of aryl methyl sites for hydroxylation is 1. The van der Waals surface area contributed by atoms with E-state index in [-0.39, 0.29) is 29.7 Å². The number of aromatic nitrogens is 1. The largest absolute Gasteiger partial charge is 0.504 e. The third kappa shape index (κ3) is 6.38. The molecule has 0 saturated carbocycles. The smallest absolute Gasteiger partial charge is 0.191 e. The van der Waals surface area contributed by atoms with Crippen LogP contribution in [0.3, 0.4) is 0 Å². The zero-order chi connectivity index (χ0) is 20.6. The second-order valence-electron chi connectivity index (χ2n) is 7.26. The number of pyridine rings is 1. The normalized spacial score (nSPS) is 14.8. The second-order valence-corrected chi connectivity index (χ2v) is 7.26. The highest BCUT2D eigenvalue weighted by molar-refractivity contribution is 14.0. The van der Waals surface area contributed by atoms with E-state index >= 15 is 0 Å². The topological polar surface area (TPSA) is 82.0 Å². The maximum Gasteiger partial charge on any atom is 0.191 e. The fraction of sp³-hybridized carbons (Fsp3) is 0.455. The summed E-state index contributed by atoms with van der Waals surface area (Å²) in [4.78, 5) is 11.5. The number of ether oxygens (including phenoxy) is 1. The van der Waals surface area contributed by atoms with Gasteiger partial charge in [-0.25, -0.2) is 9.98 Å². The van der Waals surface area contributed by atoms with Crippen LogP contribution in [0.25, 0.3) is 0 Å². The number of aromatic hydroxyl groups is 1. The maximum absolute atomic E-state index is 10.3. The Kier molecular flexibility index (Phi) is 9.48. The second kappa shape index (κ2) is 11.8. The molecule has 0 radical (unpaired) electrons. The Balaban J connectivity index is 0.00000320. The van der Waals surface area contributed by atoms with Gasteiger partial charge in [-0.15, -0.1) is 24.0 Å². The van der Waals surface area contributed by atoms with Crippen LogP contribution in [0.1, 0.15) is 30.9 Å². The van der Waals surface area contributed by atoms with Crippen LogP contribution in [0.15, 0.2) is 41.5 Å². The standard InChI is InChI=1S/C22H31N5O2.HI/c1-4-23-22(25-15-17-6-5-7-19(29-3)21(17)28)26-18-10-12-27(13-11-18)20-9-8-16(2)14-24-20;/h5-9,14,18,28H,4,10-13,15H2,1-3H3,(H2,23,25,26);1H. The number of aliphatic imine (C=N–C) groups is 1. The van der Waals surface area contributed by atoms with E-state index in [4.69, 9.17) is 4.74 Å². The first kappa shape index (κ1) is 24.0. The molecule has 7 nitrogen and oxygen atoms in total. The lowest BCUT2D eigenvalue weighted by Gasteiger charge is -2.33. The summed E-state index contributed by atoms with van der Waals surface area (Å²) >= 11 is 0. The summed E-state index contributed by atoms with van der Waals surface area (Å²) < 4.78 is 5.17. The molecule has 0 aliphatic carbocycles. The number of phenolic OH excluding ortho intramolecular Hbond substituents is 1. The molecule has 8 heteroatoms. The van der Waals surface area contributed by atoms with Gasteiger partial charge in [-0.2, -0.15) is 0 Å². The van der Waals surface area contributed by atoms with E-state index in [1.807, 2.05) is 25.3 Å². The zero-order valence-electron chi connectivity index (χ0n) is 17.9. The summed E-state index contributed by atoms with van der Waals surface area (Å²) in [6.45, 7) is 7.19. The number of methoxy groups -OCH3 is 1. The molecular weight excluding hydrogens is 493 g/mol. The molecular formula is C22H32IN5O2. The van der Waals surface area contributed by atoms with Gasteiger partial charge < -0.3 is 25.4 Å². The summed E-state index contributed by atoms with van der Waals surface area (Å²) in [5.74, 6) is 2.42. The number of hydrogen-bond acceptors (Lipinski definition) is 5. The lowest BCUT2D eigenvalue weighted by Crippen LogP contribution is -2.48. The highest BCUT2D eigenvalue weighted by Gasteiger charge is 2.21. The van der Waals surface area contributed by atoms with Gasteiger partial charge in [0.1, 0.15) is 5.82 Å². The minimum absolute atomic E-state index is 0. The SMILES string of the molecule is CCNC(=NCc1cccc(OC)c1O)NC1CCN(c2ccc(C)cn2)CC1.I. The molecule has 0 unspecified atom stereocenters. The summed E-state index contributed by atoms with van der Waals surface area (Å²) in [6.07, 6.45) is 3.96. The minimum Gasteiger partial charge on any atom is -0.504 e. The molecule has 164 valence electrons. The van der Waals surface area contributed by atoms with Gasteiger partial charge in [0.2, 0.25) is 0 Å². The highest BCUT2D eigenvalue weighted by Crippen LogP contribution is 2.29. The molecule has 1 aliphatic rings. The first-order chi connectivity index (χ1) is 14.1. The highest BCUT2D eigenvalue weighted by atomic mass is 127. The van der Waals surface area contributed by atoms with Crippen molar-refractivity contribution in [2.45, 2.75) is 39.3 Å². The van der Waals surface area contributed by atoms with E-state index in [0.29, 0.717) is 18.3 Å². The Morgan fingerprint density at radius 2 is 2.03 bits per heavy atom.